The molecule has 152 valence electrons. The van der Waals surface area contributed by atoms with Gasteiger partial charge in [-0.3, -0.25) is 4.79 Å². The zero-order valence-electron chi connectivity index (χ0n) is 17.4. The van der Waals surface area contributed by atoms with Crippen LogP contribution >= 0.6 is 0 Å². The van der Waals surface area contributed by atoms with Crippen LogP contribution in [0.3, 0.4) is 0 Å². The molecule has 1 aromatic carbocycles. The Bertz CT molecular complexity index is 993. The van der Waals surface area contributed by atoms with Gasteiger partial charge in [-0.2, -0.15) is 0 Å². The molecule has 0 spiro atoms. The molecule has 6 nitrogen and oxygen atoms in total. The first-order valence-electron chi connectivity index (χ1n) is 10.4. The van der Waals surface area contributed by atoms with E-state index >= 15 is 0 Å². The molecule has 0 N–H and O–H groups in total. The summed E-state index contributed by atoms with van der Waals surface area (Å²) in [6.45, 7) is 4.34. The van der Waals surface area contributed by atoms with Crippen molar-refractivity contribution >= 4 is 17.0 Å². The van der Waals surface area contributed by atoms with Crippen molar-refractivity contribution in [2.45, 2.75) is 32.1 Å². The van der Waals surface area contributed by atoms with Crippen molar-refractivity contribution in [3.8, 4) is 11.3 Å². The Morgan fingerprint density at radius 3 is 2.55 bits per heavy atom. The van der Waals surface area contributed by atoms with Crippen molar-refractivity contribution in [3.05, 3.63) is 47.7 Å². The van der Waals surface area contributed by atoms with Gasteiger partial charge in [0.05, 0.1) is 10.9 Å². The second-order valence-electron chi connectivity index (χ2n) is 8.04. The summed E-state index contributed by atoms with van der Waals surface area (Å²) in [5.41, 5.74) is 3.67. The van der Waals surface area contributed by atoms with Crippen LogP contribution in [0.1, 0.15) is 48.2 Å². The lowest BCUT2D eigenvalue weighted by Gasteiger charge is -2.24. The normalized spacial score (nSPS) is 13.9. The predicted octanol–water partition coefficient (Wildman–Crippen LogP) is 4.18. The molecule has 6 heteroatoms. The maximum Gasteiger partial charge on any atom is 0.259 e. The van der Waals surface area contributed by atoms with Crippen LogP contribution in [-0.2, 0) is 0 Å². The topological polar surface area (TPSA) is 62.5 Å². The van der Waals surface area contributed by atoms with Gasteiger partial charge in [0.2, 0.25) is 0 Å². The van der Waals surface area contributed by atoms with Crippen molar-refractivity contribution < 1.29 is 9.32 Å². The van der Waals surface area contributed by atoms with E-state index in [0.29, 0.717) is 29.4 Å². The quantitative estimate of drug-likeness (QED) is 0.575. The van der Waals surface area contributed by atoms with Gasteiger partial charge < -0.3 is 14.3 Å². The van der Waals surface area contributed by atoms with Crippen LogP contribution in [-0.4, -0.2) is 59.6 Å². The van der Waals surface area contributed by atoms with Gasteiger partial charge in [0.1, 0.15) is 5.69 Å². The first kappa shape index (κ1) is 19.6. The molecule has 3 aromatic rings. The highest BCUT2D eigenvalue weighted by Gasteiger charge is 2.30. The van der Waals surface area contributed by atoms with E-state index in [1.54, 1.807) is 0 Å². The summed E-state index contributed by atoms with van der Waals surface area (Å²) in [5, 5.41) is 5.01. The second kappa shape index (κ2) is 8.33. The number of carbonyl (C=O) groups excluding carboxylic acids is 1. The van der Waals surface area contributed by atoms with Gasteiger partial charge >= 0.3 is 0 Å². The van der Waals surface area contributed by atoms with Crippen LogP contribution in [0.15, 0.2) is 40.9 Å². The average molecular weight is 393 g/mol. The number of amides is 1. The third-order valence-electron chi connectivity index (χ3n) is 5.34. The third kappa shape index (κ3) is 4.17. The lowest BCUT2D eigenvalue weighted by atomic mass is 10.0. The maximum absolute atomic E-state index is 13.6. The number of fused-ring (bicyclic) bond motifs is 1. The van der Waals surface area contributed by atoms with E-state index in [4.69, 9.17) is 9.51 Å². The van der Waals surface area contributed by atoms with Crippen LogP contribution < -0.4 is 0 Å². The van der Waals surface area contributed by atoms with Gasteiger partial charge in [0, 0.05) is 36.8 Å². The number of pyridine rings is 1. The maximum atomic E-state index is 13.6. The standard InChI is InChI=1S/C23H28N4O2/c1-4-12-27(14-13-26(2)3)23(28)18-15-19(16-10-11-16)24-22-20(18)21(25-29-22)17-8-6-5-7-9-17/h5-9,15-16H,4,10-14H2,1-3H3. The molecule has 0 aliphatic heterocycles. The van der Waals surface area contributed by atoms with Crippen LogP contribution in [0.5, 0.6) is 0 Å². The lowest BCUT2D eigenvalue weighted by Crippen LogP contribution is -2.37. The van der Waals surface area contributed by atoms with E-state index in [1.165, 1.54) is 0 Å². The van der Waals surface area contributed by atoms with E-state index in [0.717, 1.165) is 49.0 Å². The Morgan fingerprint density at radius 2 is 1.90 bits per heavy atom. The van der Waals surface area contributed by atoms with Crippen LogP contribution in [0.25, 0.3) is 22.4 Å². The summed E-state index contributed by atoms with van der Waals surface area (Å²) in [4.78, 5) is 22.4. The van der Waals surface area contributed by atoms with Crippen LogP contribution in [0, 0.1) is 0 Å². The van der Waals surface area contributed by atoms with Crippen molar-refractivity contribution in [1.29, 1.82) is 0 Å². The first-order valence-corrected chi connectivity index (χ1v) is 10.4. The average Bonchev–Trinajstić information content (AvgIpc) is 3.49. The summed E-state index contributed by atoms with van der Waals surface area (Å²) in [6, 6.07) is 11.8. The fourth-order valence-electron chi connectivity index (χ4n) is 3.60. The summed E-state index contributed by atoms with van der Waals surface area (Å²) < 4.78 is 5.61. The molecule has 0 saturated heterocycles. The molecule has 1 aliphatic carbocycles. The fraction of sp³-hybridized carbons (Fsp3) is 0.435. The van der Waals surface area contributed by atoms with E-state index in [9.17, 15) is 4.79 Å². The lowest BCUT2D eigenvalue weighted by molar-refractivity contribution is 0.0746. The summed E-state index contributed by atoms with van der Waals surface area (Å²) in [5.74, 6) is 0.459. The fourth-order valence-corrected chi connectivity index (χ4v) is 3.60. The third-order valence-corrected chi connectivity index (χ3v) is 5.34. The van der Waals surface area contributed by atoms with Crippen molar-refractivity contribution in [2.75, 3.05) is 33.7 Å². The number of rotatable bonds is 8. The van der Waals surface area contributed by atoms with Crippen LogP contribution in [0.2, 0.25) is 0 Å². The smallest absolute Gasteiger partial charge is 0.259 e. The molecule has 1 fully saturated rings. The minimum Gasteiger partial charge on any atom is -0.337 e. The highest BCUT2D eigenvalue weighted by atomic mass is 16.5. The van der Waals surface area contributed by atoms with Gasteiger partial charge in [0.25, 0.3) is 11.6 Å². The monoisotopic (exact) mass is 392 g/mol. The Balaban J connectivity index is 1.81. The SMILES string of the molecule is CCCN(CCN(C)C)C(=O)c1cc(C2CC2)nc2onc(-c3ccccc3)c12. The van der Waals surface area contributed by atoms with Gasteiger partial charge in [-0.1, -0.05) is 42.4 Å². The van der Waals surface area contributed by atoms with E-state index in [2.05, 4.69) is 17.0 Å². The van der Waals surface area contributed by atoms with Crippen molar-refractivity contribution in [3.63, 3.8) is 0 Å². The second-order valence-corrected chi connectivity index (χ2v) is 8.04. The molecule has 1 saturated carbocycles. The highest BCUT2D eigenvalue weighted by Crippen LogP contribution is 2.41. The molecule has 29 heavy (non-hydrogen) atoms. The zero-order valence-corrected chi connectivity index (χ0v) is 17.4. The largest absolute Gasteiger partial charge is 0.337 e. The summed E-state index contributed by atoms with van der Waals surface area (Å²) >= 11 is 0. The number of hydrogen-bond donors (Lipinski definition) is 0. The Hall–Kier alpha value is -2.73. The first-order chi connectivity index (χ1) is 14.1. The molecular weight excluding hydrogens is 364 g/mol. The van der Waals surface area contributed by atoms with E-state index < -0.39 is 0 Å². The summed E-state index contributed by atoms with van der Waals surface area (Å²) in [7, 11) is 4.05. The van der Waals surface area contributed by atoms with Crippen molar-refractivity contribution in [1.82, 2.24) is 19.9 Å². The number of likely N-dealkylation sites (N-methyl/N-ethyl adjacent to an activating group) is 1. The Morgan fingerprint density at radius 1 is 1.14 bits per heavy atom. The van der Waals surface area contributed by atoms with Crippen LogP contribution in [0.4, 0.5) is 0 Å². The molecular formula is C23H28N4O2. The summed E-state index contributed by atoms with van der Waals surface area (Å²) in [6.07, 6.45) is 3.15. The molecule has 2 heterocycles. The molecule has 4 rings (SSSR count). The van der Waals surface area contributed by atoms with E-state index in [1.807, 2.05) is 55.4 Å². The molecule has 0 unspecified atom stereocenters. The molecule has 0 radical (unpaired) electrons. The number of benzene rings is 1. The van der Waals surface area contributed by atoms with Gasteiger partial charge in [0.15, 0.2) is 0 Å². The van der Waals surface area contributed by atoms with E-state index in [-0.39, 0.29) is 5.91 Å². The molecule has 1 aliphatic rings. The number of carbonyl (C=O) groups is 1. The molecule has 1 amide bonds. The molecule has 0 atom stereocenters. The van der Waals surface area contributed by atoms with Gasteiger partial charge in [-0.05, 0) is 39.4 Å². The highest BCUT2D eigenvalue weighted by molar-refractivity contribution is 6.09. The van der Waals surface area contributed by atoms with Crippen molar-refractivity contribution in [2.24, 2.45) is 0 Å². The van der Waals surface area contributed by atoms with Gasteiger partial charge in [-0.15, -0.1) is 0 Å². The Labute approximate surface area is 171 Å². The van der Waals surface area contributed by atoms with Gasteiger partial charge in [-0.25, -0.2) is 4.98 Å². The molecule has 0 bridgehead atoms. The molecule has 2 aromatic heterocycles. The number of hydrogen-bond acceptors (Lipinski definition) is 5. The Kier molecular flexibility index (Phi) is 5.62. The minimum atomic E-state index is 0.0309. The number of aromatic nitrogens is 2. The minimum absolute atomic E-state index is 0.0309. The zero-order chi connectivity index (χ0) is 20.4. The predicted molar refractivity (Wildman–Crippen MR) is 114 cm³/mol. The number of nitrogens with zero attached hydrogens (tertiary/aromatic N) is 4.